The van der Waals surface area contributed by atoms with Crippen LogP contribution in [0, 0.1) is 5.82 Å². The van der Waals surface area contributed by atoms with E-state index in [2.05, 4.69) is 15.5 Å². The van der Waals surface area contributed by atoms with Crippen LogP contribution in [0.3, 0.4) is 0 Å². The molecule has 1 fully saturated rings. The van der Waals surface area contributed by atoms with Crippen LogP contribution in [0.1, 0.15) is 23.9 Å². The van der Waals surface area contributed by atoms with Crippen molar-refractivity contribution in [1.82, 2.24) is 20.4 Å². The fraction of sp³-hybridized carbons (Fsp3) is 0.200. The number of alkyl halides is 3. The van der Waals surface area contributed by atoms with E-state index in [0.717, 1.165) is 17.0 Å². The molecule has 1 aliphatic heterocycles. The van der Waals surface area contributed by atoms with E-state index in [-0.39, 0.29) is 22.8 Å². The zero-order chi connectivity index (χ0) is 22.4. The summed E-state index contributed by atoms with van der Waals surface area (Å²) in [6.45, 7) is 0.939. The van der Waals surface area contributed by atoms with Gasteiger partial charge in [-0.15, -0.1) is 0 Å². The van der Waals surface area contributed by atoms with E-state index in [4.69, 9.17) is 4.52 Å². The lowest BCUT2D eigenvalue weighted by molar-refractivity contribution is -0.137. The van der Waals surface area contributed by atoms with Crippen molar-refractivity contribution in [3.63, 3.8) is 0 Å². The maximum Gasteiger partial charge on any atom is 0.416 e. The van der Waals surface area contributed by atoms with E-state index in [1.54, 1.807) is 0 Å². The van der Waals surface area contributed by atoms with Gasteiger partial charge < -0.3 is 9.84 Å². The summed E-state index contributed by atoms with van der Waals surface area (Å²) in [5.41, 5.74) is -2.47. The molecule has 0 radical (unpaired) electrons. The highest BCUT2D eigenvalue weighted by Gasteiger charge is 2.50. The third kappa shape index (κ3) is 3.62. The largest absolute Gasteiger partial charge is 0.416 e. The van der Waals surface area contributed by atoms with E-state index >= 15 is 0 Å². The molecule has 4 rings (SSSR count). The van der Waals surface area contributed by atoms with Crippen LogP contribution in [0.2, 0.25) is 0 Å². The maximum absolute atomic E-state index is 14.2. The first-order chi connectivity index (χ1) is 14.6. The first-order valence-corrected chi connectivity index (χ1v) is 8.99. The number of carbonyl (C=O) groups is 2. The Bertz CT molecular complexity index is 1180. The topological polar surface area (TPSA) is 88.3 Å². The third-order valence-electron chi connectivity index (χ3n) is 4.90. The predicted octanol–water partition coefficient (Wildman–Crippen LogP) is 3.86. The average Bonchev–Trinajstić information content (AvgIpc) is 3.27. The number of hydrogen-bond acceptors (Lipinski definition) is 5. The Morgan fingerprint density at radius 1 is 1.13 bits per heavy atom. The standard InChI is InChI=1S/C20H14F4N4O3/c1-19(13-7-2-3-8-14(13)21)17(29)28(18(30)26-19)10-15-25-16(27-31-15)11-5-4-6-12(9-11)20(22,23)24/h2-9H,10H2,1H3,(H,26,30). The number of halogens is 4. The molecule has 7 nitrogen and oxygen atoms in total. The highest BCUT2D eigenvalue weighted by atomic mass is 19.4. The van der Waals surface area contributed by atoms with Gasteiger partial charge in [-0.25, -0.2) is 9.18 Å². The zero-order valence-corrected chi connectivity index (χ0v) is 15.9. The number of imide groups is 1. The van der Waals surface area contributed by atoms with Crippen molar-refractivity contribution in [2.24, 2.45) is 0 Å². The molecule has 3 amide bonds. The molecular weight excluding hydrogens is 420 g/mol. The molecule has 0 aliphatic carbocycles. The van der Waals surface area contributed by atoms with Gasteiger partial charge in [-0.3, -0.25) is 9.69 Å². The van der Waals surface area contributed by atoms with Crippen LogP contribution in [-0.2, 0) is 23.1 Å². The number of rotatable bonds is 4. The van der Waals surface area contributed by atoms with E-state index in [9.17, 15) is 27.2 Å². The lowest BCUT2D eigenvalue weighted by Crippen LogP contribution is -2.41. The van der Waals surface area contributed by atoms with Crippen molar-refractivity contribution in [3.8, 4) is 11.4 Å². The highest BCUT2D eigenvalue weighted by Crippen LogP contribution is 2.33. The fourth-order valence-electron chi connectivity index (χ4n) is 3.30. The molecule has 3 aromatic rings. The Morgan fingerprint density at radius 3 is 2.58 bits per heavy atom. The molecule has 0 saturated carbocycles. The summed E-state index contributed by atoms with van der Waals surface area (Å²) in [4.78, 5) is 30.0. The summed E-state index contributed by atoms with van der Waals surface area (Å²) >= 11 is 0. The minimum Gasteiger partial charge on any atom is -0.337 e. The molecule has 1 unspecified atom stereocenters. The van der Waals surface area contributed by atoms with Gasteiger partial charge >= 0.3 is 12.2 Å². The number of aromatic nitrogens is 2. The third-order valence-corrected chi connectivity index (χ3v) is 4.90. The molecule has 31 heavy (non-hydrogen) atoms. The molecule has 1 N–H and O–H groups in total. The second-order valence-electron chi connectivity index (χ2n) is 7.02. The zero-order valence-electron chi connectivity index (χ0n) is 15.9. The Kier molecular flexibility index (Phi) is 4.75. The van der Waals surface area contributed by atoms with Crippen molar-refractivity contribution < 1.29 is 31.7 Å². The monoisotopic (exact) mass is 434 g/mol. The second kappa shape index (κ2) is 7.18. The lowest BCUT2D eigenvalue weighted by atomic mass is 9.91. The summed E-state index contributed by atoms with van der Waals surface area (Å²) in [7, 11) is 0. The van der Waals surface area contributed by atoms with Crippen molar-refractivity contribution in [2.45, 2.75) is 25.2 Å². The highest BCUT2D eigenvalue weighted by molar-refractivity contribution is 6.07. The lowest BCUT2D eigenvalue weighted by Gasteiger charge is -2.22. The summed E-state index contributed by atoms with van der Waals surface area (Å²) in [6, 6.07) is 9.07. The molecule has 11 heteroatoms. The molecule has 2 aromatic carbocycles. The number of nitrogens with zero attached hydrogens (tertiary/aromatic N) is 3. The number of nitrogens with one attached hydrogen (secondary N) is 1. The molecular formula is C20H14F4N4O3. The quantitative estimate of drug-likeness (QED) is 0.498. The number of carbonyl (C=O) groups excluding carboxylic acids is 2. The second-order valence-corrected chi connectivity index (χ2v) is 7.02. The Hall–Kier alpha value is -3.76. The SMILES string of the molecule is CC1(c2ccccc2F)NC(=O)N(Cc2nc(-c3cccc(C(F)(F)F)c3)no2)C1=O. The number of hydrogen-bond donors (Lipinski definition) is 1. The van der Waals surface area contributed by atoms with Crippen molar-refractivity contribution in [3.05, 3.63) is 71.4 Å². The number of benzene rings is 2. The van der Waals surface area contributed by atoms with Gasteiger partial charge in [0.15, 0.2) is 0 Å². The van der Waals surface area contributed by atoms with Crippen molar-refractivity contribution >= 4 is 11.9 Å². The molecule has 1 saturated heterocycles. The van der Waals surface area contributed by atoms with Crippen LogP contribution in [0.25, 0.3) is 11.4 Å². The van der Waals surface area contributed by atoms with Gasteiger partial charge in [0, 0.05) is 11.1 Å². The van der Waals surface area contributed by atoms with Gasteiger partial charge in [-0.2, -0.15) is 18.2 Å². The predicted molar refractivity (Wildman–Crippen MR) is 97.6 cm³/mol. The van der Waals surface area contributed by atoms with Gasteiger partial charge in [0.05, 0.1) is 5.56 Å². The normalized spacial score (nSPS) is 19.1. The molecule has 0 bridgehead atoms. The summed E-state index contributed by atoms with van der Waals surface area (Å²) in [5, 5.41) is 6.08. The average molecular weight is 434 g/mol. The van der Waals surface area contributed by atoms with E-state index in [0.29, 0.717) is 0 Å². The molecule has 160 valence electrons. The van der Waals surface area contributed by atoms with E-state index in [1.807, 2.05) is 0 Å². The first-order valence-electron chi connectivity index (χ1n) is 8.99. The van der Waals surface area contributed by atoms with Gasteiger partial charge in [0.25, 0.3) is 5.91 Å². The summed E-state index contributed by atoms with van der Waals surface area (Å²) in [5.74, 6) is -1.70. The fourth-order valence-corrected chi connectivity index (χ4v) is 3.30. The molecule has 1 aromatic heterocycles. The van der Waals surface area contributed by atoms with Crippen LogP contribution >= 0.6 is 0 Å². The van der Waals surface area contributed by atoms with Crippen LogP contribution in [-0.4, -0.2) is 27.0 Å². The summed E-state index contributed by atoms with van der Waals surface area (Å²) < 4.78 is 57.9. The van der Waals surface area contributed by atoms with Crippen LogP contribution in [0.5, 0.6) is 0 Å². The molecule has 0 spiro atoms. The minimum atomic E-state index is -4.54. The van der Waals surface area contributed by atoms with E-state index < -0.39 is 41.6 Å². The Labute approximate surface area is 172 Å². The molecule has 2 heterocycles. The van der Waals surface area contributed by atoms with Crippen LogP contribution in [0.4, 0.5) is 22.4 Å². The first kappa shape index (κ1) is 20.5. The van der Waals surface area contributed by atoms with Gasteiger partial charge in [-0.05, 0) is 25.1 Å². The van der Waals surface area contributed by atoms with Gasteiger partial charge in [0.1, 0.15) is 17.9 Å². The van der Waals surface area contributed by atoms with Gasteiger partial charge in [-0.1, -0.05) is 35.5 Å². The molecule has 1 atom stereocenters. The van der Waals surface area contributed by atoms with Crippen LogP contribution in [0.15, 0.2) is 53.1 Å². The van der Waals surface area contributed by atoms with E-state index in [1.165, 1.54) is 43.3 Å². The number of amides is 3. The smallest absolute Gasteiger partial charge is 0.337 e. The van der Waals surface area contributed by atoms with Crippen LogP contribution < -0.4 is 5.32 Å². The van der Waals surface area contributed by atoms with Crippen molar-refractivity contribution in [2.75, 3.05) is 0 Å². The van der Waals surface area contributed by atoms with Gasteiger partial charge in [0.2, 0.25) is 11.7 Å². The Balaban J connectivity index is 1.57. The molecule has 1 aliphatic rings. The van der Waals surface area contributed by atoms with Crippen molar-refractivity contribution in [1.29, 1.82) is 0 Å². The number of urea groups is 1. The summed E-state index contributed by atoms with van der Waals surface area (Å²) in [6.07, 6.45) is -4.54. The Morgan fingerprint density at radius 2 is 1.87 bits per heavy atom. The minimum absolute atomic E-state index is 0.00830. The maximum atomic E-state index is 14.2.